The number of nitrogens with one attached hydrogen (secondary N) is 1. The lowest BCUT2D eigenvalue weighted by Crippen LogP contribution is -2.56. The molecule has 2 heterocycles. The predicted molar refractivity (Wildman–Crippen MR) is 186 cm³/mol. The molecule has 1 aromatic carbocycles. The molecule has 1 aliphatic heterocycles. The topological polar surface area (TPSA) is 143 Å². The van der Waals surface area contributed by atoms with Crippen molar-refractivity contribution < 1.29 is 37.5 Å². The molecule has 1 saturated carbocycles. The third kappa shape index (κ3) is 9.98. The maximum atomic E-state index is 14.3. The minimum atomic E-state index is -2.91. The van der Waals surface area contributed by atoms with Crippen molar-refractivity contribution in [2.75, 3.05) is 6.54 Å². The molecular weight excluding hydrogens is 658 g/mol. The molecule has 276 valence electrons. The van der Waals surface area contributed by atoms with Crippen LogP contribution in [0.15, 0.2) is 48.9 Å². The number of benzene rings is 1. The molecule has 12 heteroatoms. The van der Waals surface area contributed by atoms with Crippen LogP contribution in [0.4, 0.5) is 8.78 Å². The van der Waals surface area contributed by atoms with Crippen molar-refractivity contribution in [1.29, 1.82) is 0 Å². The molecule has 2 unspecified atom stereocenters. The second-order valence-corrected chi connectivity index (χ2v) is 14.9. The van der Waals surface area contributed by atoms with Crippen molar-refractivity contribution in [3.63, 3.8) is 0 Å². The Morgan fingerprint density at radius 3 is 2.22 bits per heavy atom. The fraction of sp³-hybridized carbons (Fsp3) is 0.590. The molecule has 0 radical (unpaired) electrons. The van der Waals surface area contributed by atoms with Gasteiger partial charge in [-0.3, -0.25) is 33.8 Å². The lowest BCUT2D eigenvalue weighted by atomic mass is 9.83. The Morgan fingerprint density at radius 2 is 1.61 bits per heavy atom. The molecule has 51 heavy (non-hydrogen) atoms. The lowest BCUT2D eigenvalue weighted by molar-refractivity contribution is -0.145. The highest BCUT2D eigenvalue weighted by Gasteiger charge is 2.51. The summed E-state index contributed by atoms with van der Waals surface area (Å²) in [5, 5.41) is 2.86. The first-order valence-electron chi connectivity index (χ1n) is 18.0. The van der Waals surface area contributed by atoms with Gasteiger partial charge in [0, 0.05) is 56.5 Å². The normalized spacial score (nSPS) is 20.9. The maximum Gasteiger partial charge on any atom is 0.246 e. The van der Waals surface area contributed by atoms with Crippen molar-refractivity contribution in [2.24, 2.45) is 35.5 Å². The van der Waals surface area contributed by atoms with Gasteiger partial charge in [-0.2, -0.15) is 0 Å². The number of amides is 2. The van der Waals surface area contributed by atoms with Gasteiger partial charge in [0.15, 0.2) is 17.3 Å². The highest BCUT2D eigenvalue weighted by atomic mass is 19.3. The predicted octanol–water partition coefficient (Wildman–Crippen LogP) is 5.65. The van der Waals surface area contributed by atoms with Crippen molar-refractivity contribution in [1.82, 2.24) is 20.2 Å². The average molecular weight is 709 g/mol. The van der Waals surface area contributed by atoms with E-state index in [-0.39, 0.29) is 54.5 Å². The number of carbonyl (C=O) groups is 6. The van der Waals surface area contributed by atoms with Gasteiger partial charge >= 0.3 is 0 Å². The van der Waals surface area contributed by atoms with Gasteiger partial charge in [-0.1, -0.05) is 71.4 Å². The van der Waals surface area contributed by atoms with E-state index in [0.29, 0.717) is 6.42 Å². The van der Waals surface area contributed by atoms with Crippen LogP contribution in [0.2, 0.25) is 0 Å². The number of nitrogens with zero attached hydrogens (tertiary/aromatic N) is 3. The van der Waals surface area contributed by atoms with Gasteiger partial charge in [0.05, 0.1) is 12.2 Å². The minimum absolute atomic E-state index is 0.0111. The van der Waals surface area contributed by atoms with Crippen LogP contribution < -0.4 is 5.32 Å². The van der Waals surface area contributed by atoms with Gasteiger partial charge in [0.2, 0.25) is 24.0 Å². The molecule has 2 aromatic rings. The molecule has 1 N–H and O–H groups in total. The Labute approximate surface area is 298 Å². The number of ketones is 4. The van der Waals surface area contributed by atoms with Gasteiger partial charge in [-0.25, -0.2) is 13.8 Å². The minimum Gasteiger partial charge on any atom is -0.344 e. The number of hydrogen-bond donors (Lipinski definition) is 1. The summed E-state index contributed by atoms with van der Waals surface area (Å²) < 4.78 is 27.6. The fourth-order valence-corrected chi connectivity index (χ4v) is 7.64. The summed E-state index contributed by atoms with van der Waals surface area (Å²) >= 11 is 0. The monoisotopic (exact) mass is 708 g/mol. The molecule has 1 aromatic heterocycles. The van der Waals surface area contributed by atoms with Crippen LogP contribution in [0.1, 0.15) is 102 Å². The molecule has 10 nitrogen and oxygen atoms in total. The van der Waals surface area contributed by atoms with E-state index in [1.54, 1.807) is 34.6 Å². The Morgan fingerprint density at radius 1 is 0.902 bits per heavy atom. The summed E-state index contributed by atoms with van der Waals surface area (Å²) in [5.41, 5.74) is 0.963. The van der Waals surface area contributed by atoms with Crippen LogP contribution in [0.25, 0.3) is 0 Å². The van der Waals surface area contributed by atoms with E-state index < -0.39 is 78.3 Å². The maximum absolute atomic E-state index is 14.3. The lowest BCUT2D eigenvalue weighted by Gasteiger charge is -2.33. The molecule has 2 fully saturated rings. The third-order valence-corrected chi connectivity index (χ3v) is 10.5. The summed E-state index contributed by atoms with van der Waals surface area (Å²) in [6.45, 7) is 9.19. The SMILES string of the molecule is CC(C)[C@H](NC(=O)[C@H](CC(=O)c1cnccn1)C(C)C)C(=O)N1C[C@@H]2CCC[C@@H]2C1C(=O)CC(CC(F)F)C(=O)C(=O)C[C@@H](C)c1ccccc1. The zero-order valence-corrected chi connectivity index (χ0v) is 30.1. The molecule has 0 spiro atoms. The molecule has 1 saturated heterocycles. The highest BCUT2D eigenvalue weighted by Crippen LogP contribution is 2.44. The van der Waals surface area contributed by atoms with E-state index in [1.807, 2.05) is 30.3 Å². The smallest absolute Gasteiger partial charge is 0.246 e. The molecule has 2 amide bonds. The third-order valence-electron chi connectivity index (χ3n) is 10.5. The Kier molecular flexibility index (Phi) is 13.8. The first kappa shape index (κ1) is 39.6. The molecular formula is C39H50F2N4O6. The second kappa shape index (κ2) is 17.8. The fourth-order valence-electron chi connectivity index (χ4n) is 7.64. The zero-order chi connectivity index (χ0) is 37.4. The number of Topliss-reactive ketones (excluding diaryl/α,β-unsaturated/α-hetero) is 4. The molecule has 7 atom stereocenters. The number of carbonyl (C=O) groups excluding carboxylic acids is 6. The Hall–Kier alpha value is -4.22. The number of aromatic nitrogens is 2. The zero-order valence-electron chi connectivity index (χ0n) is 30.1. The van der Waals surface area contributed by atoms with Crippen LogP contribution in [-0.4, -0.2) is 74.9 Å². The number of halogens is 2. The average Bonchev–Trinajstić information content (AvgIpc) is 3.70. The van der Waals surface area contributed by atoms with Crippen molar-refractivity contribution in [3.8, 4) is 0 Å². The van der Waals surface area contributed by atoms with Gasteiger partial charge in [0.25, 0.3) is 0 Å². The second-order valence-electron chi connectivity index (χ2n) is 14.9. The van der Waals surface area contributed by atoms with Crippen LogP contribution in [-0.2, 0) is 24.0 Å². The van der Waals surface area contributed by atoms with Gasteiger partial charge < -0.3 is 10.2 Å². The van der Waals surface area contributed by atoms with Crippen molar-refractivity contribution >= 4 is 34.9 Å². The van der Waals surface area contributed by atoms with Crippen LogP contribution in [0.5, 0.6) is 0 Å². The van der Waals surface area contributed by atoms with E-state index in [9.17, 15) is 37.5 Å². The first-order chi connectivity index (χ1) is 24.2. The Bertz CT molecular complexity index is 1550. The summed E-state index contributed by atoms with van der Waals surface area (Å²) in [4.78, 5) is 90.9. The number of alkyl halides is 2. The largest absolute Gasteiger partial charge is 0.344 e. The molecule has 4 rings (SSSR count). The Balaban J connectivity index is 1.51. The van der Waals surface area contributed by atoms with Gasteiger partial charge in [0.1, 0.15) is 11.7 Å². The number of fused-ring (bicyclic) bond motifs is 1. The molecule has 2 aliphatic rings. The van der Waals surface area contributed by atoms with Crippen LogP contribution in [0.3, 0.4) is 0 Å². The number of hydrogen-bond acceptors (Lipinski definition) is 8. The quantitative estimate of drug-likeness (QED) is 0.155. The summed E-state index contributed by atoms with van der Waals surface area (Å²) in [6, 6.07) is 7.09. The van der Waals surface area contributed by atoms with E-state index >= 15 is 0 Å². The molecule has 0 bridgehead atoms. The van der Waals surface area contributed by atoms with Crippen LogP contribution >= 0.6 is 0 Å². The number of rotatable bonds is 18. The molecule has 1 aliphatic carbocycles. The van der Waals surface area contributed by atoms with E-state index in [2.05, 4.69) is 15.3 Å². The summed E-state index contributed by atoms with van der Waals surface area (Å²) in [5.74, 6) is -7.08. The van der Waals surface area contributed by atoms with E-state index in [1.165, 1.54) is 23.5 Å². The standard InChI is InChI=1S/C39H50F2N4O6/c1-22(2)29(19-31(46)30-20-42-14-15-43-30)38(50)44-35(23(3)4)39(51)45-21-26-12-9-13-28(26)36(45)32(47)17-27(18-34(40)41)37(49)33(48)16-24(5)25-10-7-6-8-11-25/h6-8,10-11,14-15,20,22-24,26-29,34-36H,9,12-13,16-19,21H2,1-5H3,(H,44,50)/t24-,26+,27?,28+,29-,35+,36?/m1/s1. The van der Waals surface area contributed by atoms with E-state index in [4.69, 9.17) is 0 Å². The summed E-state index contributed by atoms with van der Waals surface area (Å²) in [7, 11) is 0. The van der Waals surface area contributed by atoms with E-state index in [0.717, 1.165) is 18.4 Å². The van der Waals surface area contributed by atoms with Gasteiger partial charge in [-0.05, 0) is 48.0 Å². The van der Waals surface area contributed by atoms with Crippen molar-refractivity contribution in [3.05, 3.63) is 60.2 Å². The van der Waals surface area contributed by atoms with Gasteiger partial charge in [-0.15, -0.1) is 0 Å². The van der Waals surface area contributed by atoms with Crippen LogP contribution in [0, 0.1) is 35.5 Å². The highest BCUT2D eigenvalue weighted by molar-refractivity contribution is 6.38. The number of likely N-dealkylation sites (tertiary alicyclic amines) is 1. The first-order valence-corrected chi connectivity index (χ1v) is 18.0. The summed E-state index contributed by atoms with van der Waals surface area (Å²) in [6.07, 6.45) is 1.71. The van der Waals surface area contributed by atoms with Crippen molar-refractivity contribution in [2.45, 2.75) is 104 Å².